The summed E-state index contributed by atoms with van der Waals surface area (Å²) in [5, 5.41) is 13.1. The lowest BCUT2D eigenvalue weighted by atomic mass is 9.95. The minimum atomic E-state index is -0.363. The molecule has 0 spiro atoms. The molecule has 0 radical (unpaired) electrons. The molecule has 0 aliphatic heterocycles. The number of pyridine rings is 1. The van der Waals surface area contributed by atoms with Crippen molar-refractivity contribution < 1.29 is 9.53 Å². The largest absolute Gasteiger partial charge is 0.493 e. The lowest BCUT2D eigenvalue weighted by Crippen LogP contribution is -2.27. The van der Waals surface area contributed by atoms with E-state index >= 15 is 0 Å². The predicted molar refractivity (Wildman–Crippen MR) is 133 cm³/mol. The van der Waals surface area contributed by atoms with Gasteiger partial charge in [-0.2, -0.15) is 0 Å². The lowest BCUT2D eigenvalue weighted by Gasteiger charge is -2.22. The van der Waals surface area contributed by atoms with Crippen LogP contribution in [0, 0.1) is 6.92 Å². The topological polar surface area (TPSA) is 91.9 Å². The molecule has 0 amide bonds. The molecule has 35 heavy (non-hydrogen) atoms. The van der Waals surface area contributed by atoms with Crippen LogP contribution >= 0.6 is 0 Å². The summed E-state index contributed by atoms with van der Waals surface area (Å²) >= 11 is 0. The Hall–Kier alpha value is -3.81. The molecular formula is C27H29N5O3. The number of benzene rings is 2. The number of nitrogens with zero attached hydrogens (tertiary/aromatic N) is 5. The van der Waals surface area contributed by atoms with Gasteiger partial charge in [-0.3, -0.25) is 9.59 Å². The van der Waals surface area contributed by atoms with Crippen LogP contribution in [0.4, 0.5) is 0 Å². The zero-order valence-corrected chi connectivity index (χ0v) is 19.9. The third-order valence-electron chi connectivity index (χ3n) is 6.76. The number of ether oxygens (including phenoxy) is 1. The minimum absolute atomic E-state index is 0.342. The van der Waals surface area contributed by atoms with Crippen LogP contribution in [0.1, 0.15) is 66.3 Å². The van der Waals surface area contributed by atoms with Crippen LogP contribution in [0.3, 0.4) is 0 Å². The van der Waals surface area contributed by atoms with E-state index in [2.05, 4.69) is 15.5 Å². The van der Waals surface area contributed by atoms with Crippen molar-refractivity contribution in [3.63, 3.8) is 0 Å². The first-order valence-corrected chi connectivity index (χ1v) is 12.3. The van der Waals surface area contributed by atoms with E-state index < -0.39 is 0 Å². The van der Waals surface area contributed by atoms with Gasteiger partial charge in [0.2, 0.25) is 0 Å². The van der Waals surface area contributed by atoms with Gasteiger partial charge >= 0.3 is 0 Å². The number of carbonyl (C=O) groups is 1. The molecule has 8 nitrogen and oxygen atoms in total. The number of fused-ring (bicyclic) bond motifs is 1. The van der Waals surface area contributed by atoms with Gasteiger partial charge in [0.1, 0.15) is 5.75 Å². The van der Waals surface area contributed by atoms with Crippen LogP contribution in [-0.2, 0) is 6.42 Å². The van der Waals surface area contributed by atoms with Crippen molar-refractivity contribution in [2.75, 3.05) is 6.61 Å². The Morgan fingerprint density at radius 3 is 2.69 bits per heavy atom. The molecule has 4 aromatic rings. The molecule has 5 rings (SSSR count). The maximum absolute atomic E-state index is 13.3. The summed E-state index contributed by atoms with van der Waals surface area (Å²) < 4.78 is 9.32. The van der Waals surface area contributed by atoms with Crippen LogP contribution < -0.4 is 10.3 Å². The van der Waals surface area contributed by atoms with Crippen molar-refractivity contribution >= 4 is 16.8 Å². The first-order chi connectivity index (χ1) is 17.1. The summed E-state index contributed by atoms with van der Waals surface area (Å²) in [7, 11) is 0. The molecule has 0 unspecified atom stereocenters. The van der Waals surface area contributed by atoms with Gasteiger partial charge in [-0.05, 0) is 66.4 Å². The van der Waals surface area contributed by atoms with E-state index in [1.54, 1.807) is 24.3 Å². The molecular weight excluding hydrogens is 442 g/mol. The van der Waals surface area contributed by atoms with E-state index in [0.29, 0.717) is 29.5 Å². The van der Waals surface area contributed by atoms with Crippen LogP contribution in [0.5, 0.6) is 5.75 Å². The van der Waals surface area contributed by atoms with E-state index in [-0.39, 0.29) is 11.5 Å². The van der Waals surface area contributed by atoms with Crippen molar-refractivity contribution in [3.05, 3.63) is 81.9 Å². The van der Waals surface area contributed by atoms with Crippen molar-refractivity contribution in [1.29, 1.82) is 0 Å². The molecule has 1 saturated carbocycles. The predicted octanol–water partition coefficient (Wildman–Crippen LogP) is 4.50. The molecule has 0 bridgehead atoms. The summed E-state index contributed by atoms with van der Waals surface area (Å²) in [5.74, 6) is 1.20. The Morgan fingerprint density at radius 1 is 1.03 bits per heavy atom. The number of tetrazole rings is 1. The molecule has 8 heteroatoms. The second-order valence-electron chi connectivity index (χ2n) is 9.10. The van der Waals surface area contributed by atoms with E-state index in [1.165, 1.54) is 29.9 Å². The Labute approximate surface area is 203 Å². The van der Waals surface area contributed by atoms with Crippen LogP contribution in [0.2, 0.25) is 0 Å². The highest BCUT2D eigenvalue weighted by Gasteiger charge is 2.20. The Kier molecular flexibility index (Phi) is 6.70. The SMILES string of the molecule is Cc1ccccc1C(=O)n1c(=O)ccc2c(OCCCc3nnnn3C3CCCCC3)cccc21. The van der Waals surface area contributed by atoms with Crippen LogP contribution in [-0.4, -0.2) is 37.3 Å². The minimum Gasteiger partial charge on any atom is -0.493 e. The van der Waals surface area contributed by atoms with Gasteiger partial charge in [0.15, 0.2) is 5.82 Å². The summed E-state index contributed by atoms with van der Waals surface area (Å²) in [5.41, 5.74) is 1.50. The van der Waals surface area contributed by atoms with Crippen molar-refractivity contribution in [1.82, 2.24) is 24.8 Å². The number of carbonyl (C=O) groups excluding carboxylic acids is 1. The highest BCUT2D eigenvalue weighted by molar-refractivity contribution is 6.03. The first kappa shape index (κ1) is 23.0. The van der Waals surface area contributed by atoms with Gasteiger partial charge in [0, 0.05) is 23.4 Å². The van der Waals surface area contributed by atoms with E-state index in [1.807, 2.05) is 35.9 Å². The molecule has 0 saturated heterocycles. The van der Waals surface area contributed by atoms with Crippen LogP contribution in [0.15, 0.2) is 59.4 Å². The molecule has 0 N–H and O–H groups in total. The monoisotopic (exact) mass is 471 g/mol. The zero-order valence-electron chi connectivity index (χ0n) is 19.9. The fourth-order valence-electron chi connectivity index (χ4n) is 4.91. The fraction of sp³-hybridized carbons (Fsp3) is 0.370. The summed E-state index contributed by atoms with van der Waals surface area (Å²) in [4.78, 5) is 26.0. The quantitative estimate of drug-likeness (QED) is 0.369. The second kappa shape index (κ2) is 10.2. The average molecular weight is 472 g/mol. The third-order valence-corrected chi connectivity index (χ3v) is 6.76. The normalized spacial score (nSPS) is 14.3. The van der Waals surface area contributed by atoms with Crippen molar-refractivity contribution in [2.45, 2.75) is 57.9 Å². The molecule has 1 fully saturated rings. The summed E-state index contributed by atoms with van der Waals surface area (Å²) in [6.45, 7) is 2.34. The number of aryl methyl sites for hydroxylation is 2. The Balaban J connectivity index is 1.32. The molecule has 2 aromatic heterocycles. The Bertz CT molecular complexity index is 1400. The van der Waals surface area contributed by atoms with Gasteiger partial charge in [-0.25, -0.2) is 9.25 Å². The van der Waals surface area contributed by atoms with Gasteiger partial charge in [0.25, 0.3) is 11.5 Å². The van der Waals surface area contributed by atoms with Gasteiger partial charge in [-0.1, -0.05) is 43.5 Å². The maximum atomic E-state index is 13.3. The van der Waals surface area contributed by atoms with E-state index in [9.17, 15) is 9.59 Å². The highest BCUT2D eigenvalue weighted by Crippen LogP contribution is 2.28. The third kappa shape index (κ3) is 4.73. The van der Waals surface area contributed by atoms with Gasteiger partial charge in [-0.15, -0.1) is 5.10 Å². The number of aromatic nitrogens is 5. The Morgan fingerprint density at radius 2 is 1.86 bits per heavy atom. The smallest absolute Gasteiger partial charge is 0.265 e. The van der Waals surface area contributed by atoms with Crippen molar-refractivity contribution in [3.8, 4) is 5.75 Å². The molecule has 2 aromatic carbocycles. The number of hydrogen-bond acceptors (Lipinski definition) is 6. The molecule has 1 aliphatic carbocycles. The first-order valence-electron chi connectivity index (χ1n) is 12.3. The maximum Gasteiger partial charge on any atom is 0.265 e. The lowest BCUT2D eigenvalue weighted by molar-refractivity contribution is 0.0960. The molecule has 0 atom stereocenters. The number of hydrogen-bond donors (Lipinski definition) is 0. The van der Waals surface area contributed by atoms with Gasteiger partial charge in [0.05, 0.1) is 18.2 Å². The van der Waals surface area contributed by atoms with E-state index in [0.717, 1.165) is 42.5 Å². The molecule has 2 heterocycles. The van der Waals surface area contributed by atoms with Crippen molar-refractivity contribution in [2.24, 2.45) is 0 Å². The zero-order chi connectivity index (χ0) is 24.2. The van der Waals surface area contributed by atoms with Gasteiger partial charge < -0.3 is 4.74 Å². The average Bonchev–Trinajstić information content (AvgIpc) is 3.35. The number of rotatable bonds is 7. The highest BCUT2D eigenvalue weighted by atomic mass is 16.5. The summed E-state index contributed by atoms with van der Waals surface area (Å²) in [6, 6.07) is 16.3. The fourth-order valence-corrected chi connectivity index (χ4v) is 4.91. The standard InChI is InChI=1S/C27H29N5O3/c1-19-9-5-6-12-21(19)27(34)31-23-13-7-14-24(22(23)16-17-26(31)33)35-18-8-15-25-28-29-30-32(25)20-10-3-2-4-11-20/h5-7,9,12-14,16-17,20H,2-4,8,10-11,15,18H2,1H3. The second-order valence-corrected chi connectivity index (χ2v) is 9.10. The van der Waals surface area contributed by atoms with Crippen LogP contribution in [0.25, 0.3) is 10.9 Å². The molecule has 180 valence electrons. The summed E-state index contributed by atoms with van der Waals surface area (Å²) in [6.07, 6.45) is 7.49. The van der Waals surface area contributed by atoms with E-state index in [4.69, 9.17) is 4.74 Å². The molecule has 1 aliphatic rings.